The molecule has 0 amide bonds. The van der Waals surface area contributed by atoms with Crippen molar-refractivity contribution in [3.63, 3.8) is 0 Å². The van der Waals surface area contributed by atoms with Crippen molar-refractivity contribution in [1.29, 1.82) is 0 Å². The first-order valence-electron chi connectivity index (χ1n) is 5.70. The molecule has 18 heavy (non-hydrogen) atoms. The molecule has 90 valence electrons. The number of phenolic OH excluding ortho intramolecular Hbond substituents is 2. The largest absolute Gasteiger partial charge is 0.508 e. The molecule has 3 aromatic rings. The molecular weight excluding hydrogens is 228 g/mol. The number of furan rings is 1. The van der Waals surface area contributed by atoms with Crippen molar-refractivity contribution >= 4 is 11.0 Å². The Hall–Kier alpha value is -2.42. The highest BCUT2D eigenvalue weighted by atomic mass is 16.3. The lowest BCUT2D eigenvalue weighted by Gasteiger charge is -1.98. The summed E-state index contributed by atoms with van der Waals surface area (Å²) in [5.41, 5.74) is 1.75. The third-order valence-electron chi connectivity index (χ3n) is 2.87. The molecule has 3 heteroatoms. The smallest absolute Gasteiger partial charge is 0.137 e. The molecule has 2 N–H and O–H groups in total. The summed E-state index contributed by atoms with van der Waals surface area (Å²) in [6.07, 6.45) is 0.662. The summed E-state index contributed by atoms with van der Waals surface area (Å²) in [6.45, 7) is 0. The maximum absolute atomic E-state index is 9.37. The van der Waals surface area contributed by atoms with Crippen LogP contribution in [0.4, 0.5) is 0 Å². The molecule has 0 fully saturated rings. The number of hydrogen-bond acceptors (Lipinski definition) is 3. The van der Waals surface area contributed by atoms with Crippen molar-refractivity contribution in [2.45, 2.75) is 6.42 Å². The summed E-state index contributed by atoms with van der Waals surface area (Å²) in [7, 11) is 0. The Labute approximate surface area is 104 Å². The van der Waals surface area contributed by atoms with Gasteiger partial charge in [-0.1, -0.05) is 12.1 Å². The number of aromatic hydroxyl groups is 2. The average molecular weight is 240 g/mol. The van der Waals surface area contributed by atoms with Gasteiger partial charge in [0.25, 0.3) is 0 Å². The van der Waals surface area contributed by atoms with Crippen molar-refractivity contribution in [3.8, 4) is 11.5 Å². The van der Waals surface area contributed by atoms with E-state index in [1.165, 1.54) is 0 Å². The molecular formula is C15H12O3. The number of fused-ring (bicyclic) bond motifs is 1. The molecule has 0 atom stereocenters. The van der Waals surface area contributed by atoms with Gasteiger partial charge in [-0.2, -0.15) is 0 Å². The van der Waals surface area contributed by atoms with Gasteiger partial charge in [0, 0.05) is 17.9 Å². The lowest BCUT2D eigenvalue weighted by Crippen LogP contribution is -1.83. The van der Waals surface area contributed by atoms with Crippen LogP contribution in [-0.4, -0.2) is 10.2 Å². The number of rotatable bonds is 2. The van der Waals surface area contributed by atoms with Crippen LogP contribution in [0.2, 0.25) is 0 Å². The minimum Gasteiger partial charge on any atom is -0.508 e. The highest BCUT2D eigenvalue weighted by Crippen LogP contribution is 2.25. The standard InChI is InChI=1S/C15H12O3/c16-12-4-1-10(2-5-12)7-14-8-11-3-6-13(17)9-15(11)18-14/h1-6,8-9,16-17H,7H2. The topological polar surface area (TPSA) is 53.6 Å². The second-order valence-electron chi connectivity index (χ2n) is 4.28. The van der Waals surface area contributed by atoms with Crippen LogP contribution >= 0.6 is 0 Å². The van der Waals surface area contributed by atoms with Gasteiger partial charge in [-0.15, -0.1) is 0 Å². The molecule has 0 bridgehead atoms. The Morgan fingerprint density at radius 3 is 2.33 bits per heavy atom. The highest BCUT2D eigenvalue weighted by Gasteiger charge is 2.05. The fourth-order valence-corrected chi connectivity index (χ4v) is 1.98. The third-order valence-corrected chi connectivity index (χ3v) is 2.87. The first-order valence-corrected chi connectivity index (χ1v) is 5.70. The van der Waals surface area contributed by atoms with Gasteiger partial charge in [-0.25, -0.2) is 0 Å². The minimum atomic E-state index is 0.202. The van der Waals surface area contributed by atoms with E-state index < -0.39 is 0 Å². The van der Waals surface area contributed by atoms with Crippen LogP contribution in [0.5, 0.6) is 11.5 Å². The molecule has 3 nitrogen and oxygen atoms in total. The summed E-state index contributed by atoms with van der Waals surface area (Å²) in [4.78, 5) is 0. The van der Waals surface area contributed by atoms with E-state index in [0.29, 0.717) is 12.0 Å². The summed E-state index contributed by atoms with van der Waals surface area (Å²) in [5, 5.41) is 19.6. The van der Waals surface area contributed by atoms with Gasteiger partial charge in [0.2, 0.25) is 0 Å². The zero-order valence-electron chi connectivity index (χ0n) is 9.63. The predicted octanol–water partition coefficient (Wildman–Crippen LogP) is 3.43. The molecule has 0 unspecified atom stereocenters. The number of phenols is 2. The van der Waals surface area contributed by atoms with E-state index in [1.54, 1.807) is 24.3 Å². The Morgan fingerprint density at radius 1 is 0.833 bits per heavy atom. The number of benzene rings is 2. The van der Waals surface area contributed by atoms with E-state index in [4.69, 9.17) is 4.42 Å². The van der Waals surface area contributed by atoms with Gasteiger partial charge in [-0.05, 0) is 35.9 Å². The maximum atomic E-state index is 9.37. The van der Waals surface area contributed by atoms with Crippen LogP contribution in [0.1, 0.15) is 11.3 Å². The second-order valence-corrected chi connectivity index (χ2v) is 4.28. The molecule has 0 saturated heterocycles. The first kappa shape index (κ1) is 10.7. The van der Waals surface area contributed by atoms with Gasteiger partial charge in [-0.3, -0.25) is 0 Å². The molecule has 2 aromatic carbocycles. The van der Waals surface area contributed by atoms with Crippen LogP contribution in [-0.2, 0) is 6.42 Å². The zero-order valence-corrected chi connectivity index (χ0v) is 9.63. The molecule has 1 heterocycles. The molecule has 0 aliphatic rings. The van der Waals surface area contributed by atoms with Gasteiger partial charge in [0.05, 0.1) is 0 Å². The van der Waals surface area contributed by atoms with Gasteiger partial charge >= 0.3 is 0 Å². The minimum absolute atomic E-state index is 0.202. The van der Waals surface area contributed by atoms with Crippen molar-refractivity contribution in [2.75, 3.05) is 0 Å². The van der Waals surface area contributed by atoms with E-state index in [-0.39, 0.29) is 11.5 Å². The molecule has 0 spiro atoms. The zero-order chi connectivity index (χ0) is 12.5. The van der Waals surface area contributed by atoms with Crippen molar-refractivity contribution in [3.05, 3.63) is 59.9 Å². The molecule has 1 aromatic heterocycles. The van der Waals surface area contributed by atoms with Crippen molar-refractivity contribution in [1.82, 2.24) is 0 Å². The van der Waals surface area contributed by atoms with Crippen LogP contribution in [0.25, 0.3) is 11.0 Å². The van der Waals surface area contributed by atoms with Crippen molar-refractivity contribution < 1.29 is 14.6 Å². The average Bonchev–Trinajstić information content (AvgIpc) is 2.73. The van der Waals surface area contributed by atoms with E-state index in [0.717, 1.165) is 16.7 Å². The fraction of sp³-hybridized carbons (Fsp3) is 0.0667. The quantitative estimate of drug-likeness (QED) is 0.721. The maximum Gasteiger partial charge on any atom is 0.137 e. The molecule has 0 saturated carbocycles. The summed E-state index contributed by atoms with van der Waals surface area (Å²) < 4.78 is 5.66. The van der Waals surface area contributed by atoms with Crippen LogP contribution < -0.4 is 0 Å². The van der Waals surface area contributed by atoms with Gasteiger partial charge < -0.3 is 14.6 Å². The first-order chi connectivity index (χ1) is 8.70. The Balaban J connectivity index is 1.92. The lowest BCUT2D eigenvalue weighted by molar-refractivity contribution is 0.473. The SMILES string of the molecule is Oc1ccc(Cc2cc3ccc(O)cc3o2)cc1. The monoisotopic (exact) mass is 240 g/mol. The van der Waals surface area contributed by atoms with Crippen molar-refractivity contribution in [2.24, 2.45) is 0 Å². The fourth-order valence-electron chi connectivity index (χ4n) is 1.98. The predicted molar refractivity (Wildman–Crippen MR) is 68.8 cm³/mol. The molecule has 0 aliphatic heterocycles. The second kappa shape index (κ2) is 4.11. The Morgan fingerprint density at radius 2 is 1.56 bits per heavy atom. The Kier molecular flexibility index (Phi) is 2.45. The Bertz CT molecular complexity index is 681. The third kappa shape index (κ3) is 2.02. The van der Waals surface area contributed by atoms with Crippen LogP contribution in [0.15, 0.2) is 52.9 Å². The van der Waals surface area contributed by atoms with Crippen LogP contribution in [0, 0.1) is 0 Å². The summed E-state index contributed by atoms with van der Waals surface area (Å²) in [6, 6.07) is 14.1. The van der Waals surface area contributed by atoms with Crippen LogP contribution in [0.3, 0.4) is 0 Å². The van der Waals surface area contributed by atoms with Gasteiger partial charge in [0.1, 0.15) is 22.8 Å². The lowest BCUT2D eigenvalue weighted by atomic mass is 10.1. The molecule has 3 rings (SSSR count). The molecule has 0 aliphatic carbocycles. The van der Waals surface area contributed by atoms with E-state index >= 15 is 0 Å². The normalized spacial score (nSPS) is 10.9. The van der Waals surface area contributed by atoms with E-state index in [2.05, 4.69) is 0 Å². The van der Waals surface area contributed by atoms with E-state index in [9.17, 15) is 10.2 Å². The highest BCUT2D eigenvalue weighted by molar-refractivity contribution is 5.79. The number of hydrogen-bond donors (Lipinski definition) is 2. The summed E-state index contributed by atoms with van der Waals surface area (Å²) in [5.74, 6) is 1.29. The van der Waals surface area contributed by atoms with Gasteiger partial charge in [0.15, 0.2) is 0 Å². The molecule has 0 radical (unpaired) electrons. The van der Waals surface area contributed by atoms with E-state index in [1.807, 2.05) is 24.3 Å². The summed E-state index contributed by atoms with van der Waals surface area (Å²) >= 11 is 0.